The van der Waals surface area contributed by atoms with Crippen molar-refractivity contribution in [2.75, 3.05) is 13.6 Å². The summed E-state index contributed by atoms with van der Waals surface area (Å²) in [6.45, 7) is 1.49. The lowest BCUT2D eigenvalue weighted by Gasteiger charge is -2.16. The molecular formula is C15H17FN2. The first-order valence-corrected chi connectivity index (χ1v) is 6.07. The predicted octanol–water partition coefficient (Wildman–Crippen LogP) is 2.90. The van der Waals surface area contributed by atoms with E-state index < -0.39 is 0 Å². The van der Waals surface area contributed by atoms with Crippen LogP contribution >= 0.6 is 0 Å². The topological polar surface area (TPSA) is 16.1 Å². The van der Waals surface area contributed by atoms with Crippen molar-refractivity contribution in [3.05, 3.63) is 65.7 Å². The summed E-state index contributed by atoms with van der Waals surface area (Å²) in [7, 11) is 2.00. The van der Waals surface area contributed by atoms with Crippen molar-refractivity contribution in [1.29, 1.82) is 0 Å². The van der Waals surface area contributed by atoms with E-state index in [0.717, 1.165) is 24.2 Å². The highest BCUT2D eigenvalue weighted by molar-refractivity contribution is 5.17. The van der Waals surface area contributed by atoms with Crippen molar-refractivity contribution in [3.8, 4) is 0 Å². The zero-order valence-corrected chi connectivity index (χ0v) is 10.5. The smallest absolute Gasteiger partial charge is 0.127 e. The fraction of sp³-hybridized carbons (Fsp3) is 0.267. The molecule has 0 aliphatic heterocycles. The molecule has 1 heterocycles. The van der Waals surface area contributed by atoms with Crippen LogP contribution < -0.4 is 0 Å². The van der Waals surface area contributed by atoms with Gasteiger partial charge in [-0.05, 0) is 25.2 Å². The van der Waals surface area contributed by atoms with Crippen LogP contribution in [0.5, 0.6) is 0 Å². The molecule has 0 atom stereocenters. The van der Waals surface area contributed by atoms with Crippen molar-refractivity contribution in [2.24, 2.45) is 0 Å². The summed E-state index contributed by atoms with van der Waals surface area (Å²) in [6.07, 6.45) is 2.68. The zero-order valence-electron chi connectivity index (χ0n) is 10.5. The minimum atomic E-state index is -0.137. The molecule has 2 rings (SSSR count). The molecule has 0 saturated carbocycles. The molecule has 0 radical (unpaired) electrons. The van der Waals surface area contributed by atoms with Crippen molar-refractivity contribution in [1.82, 2.24) is 9.88 Å². The van der Waals surface area contributed by atoms with Gasteiger partial charge in [0.15, 0.2) is 0 Å². The van der Waals surface area contributed by atoms with E-state index in [1.54, 1.807) is 12.3 Å². The second-order valence-electron chi connectivity index (χ2n) is 4.40. The number of nitrogens with zero attached hydrogens (tertiary/aromatic N) is 2. The third-order valence-corrected chi connectivity index (χ3v) is 2.87. The number of hydrogen-bond acceptors (Lipinski definition) is 2. The average molecular weight is 244 g/mol. The third-order valence-electron chi connectivity index (χ3n) is 2.87. The first-order chi connectivity index (χ1) is 8.75. The minimum Gasteiger partial charge on any atom is -0.302 e. The summed E-state index contributed by atoms with van der Waals surface area (Å²) in [4.78, 5) is 6.38. The Morgan fingerprint density at radius 1 is 1.11 bits per heavy atom. The number of benzene rings is 1. The Bertz CT molecular complexity index is 485. The first-order valence-electron chi connectivity index (χ1n) is 6.07. The van der Waals surface area contributed by atoms with Crippen LogP contribution in [0.25, 0.3) is 0 Å². The van der Waals surface area contributed by atoms with Crippen LogP contribution in [-0.4, -0.2) is 23.5 Å². The largest absolute Gasteiger partial charge is 0.302 e. The second kappa shape index (κ2) is 6.26. The Hall–Kier alpha value is -1.74. The van der Waals surface area contributed by atoms with Gasteiger partial charge in [0.2, 0.25) is 0 Å². The Kier molecular flexibility index (Phi) is 4.42. The van der Waals surface area contributed by atoms with Crippen molar-refractivity contribution < 1.29 is 4.39 Å². The van der Waals surface area contributed by atoms with Crippen LogP contribution in [-0.2, 0) is 13.0 Å². The molecule has 0 spiro atoms. The van der Waals surface area contributed by atoms with Gasteiger partial charge in [0.25, 0.3) is 0 Å². The standard InChI is InChI=1S/C15H17FN2/c1-18(11-9-14-7-4-5-10-17-14)12-13-6-2-3-8-15(13)16/h2-8,10H,9,11-12H2,1H3. The van der Waals surface area contributed by atoms with E-state index in [2.05, 4.69) is 9.88 Å². The van der Waals surface area contributed by atoms with Gasteiger partial charge in [-0.2, -0.15) is 0 Å². The molecule has 0 unspecified atom stereocenters. The van der Waals surface area contributed by atoms with E-state index in [0.29, 0.717) is 6.54 Å². The molecule has 2 nitrogen and oxygen atoms in total. The summed E-state index contributed by atoms with van der Waals surface area (Å²) in [6, 6.07) is 12.8. The summed E-state index contributed by atoms with van der Waals surface area (Å²) in [5.74, 6) is -0.137. The third kappa shape index (κ3) is 3.64. The van der Waals surface area contributed by atoms with Gasteiger partial charge in [0, 0.05) is 37.0 Å². The summed E-state index contributed by atoms with van der Waals surface area (Å²) >= 11 is 0. The molecule has 18 heavy (non-hydrogen) atoms. The Morgan fingerprint density at radius 3 is 2.61 bits per heavy atom. The van der Waals surface area contributed by atoms with E-state index in [1.807, 2.05) is 37.4 Å². The highest BCUT2D eigenvalue weighted by Crippen LogP contribution is 2.09. The number of halogens is 1. The Labute approximate surface area is 107 Å². The fourth-order valence-electron chi connectivity index (χ4n) is 1.85. The number of likely N-dealkylation sites (N-methyl/N-ethyl adjacent to an activating group) is 1. The molecule has 0 fully saturated rings. The van der Waals surface area contributed by atoms with E-state index in [1.165, 1.54) is 6.07 Å². The van der Waals surface area contributed by atoms with Gasteiger partial charge in [0.05, 0.1) is 0 Å². The van der Waals surface area contributed by atoms with Gasteiger partial charge in [-0.3, -0.25) is 4.98 Å². The Morgan fingerprint density at radius 2 is 1.89 bits per heavy atom. The molecule has 0 N–H and O–H groups in total. The highest BCUT2D eigenvalue weighted by Gasteiger charge is 2.05. The predicted molar refractivity (Wildman–Crippen MR) is 70.7 cm³/mol. The van der Waals surface area contributed by atoms with Gasteiger partial charge < -0.3 is 4.90 Å². The first kappa shape index (κ1) is 12.7. The number of pyridine rings is 1. The quantitative estimate of drug-likeness (QED) is 0.804. The number of rotatable bonds is 5. The highest BCUT2D eigenvalue weighted by atomic mass is 19.1. The van der Waals surface area contributed by atoms with Crippen molar-refractivity contribution in [3.63, 3.8) is 0 Å². The van der Waals surface area contributed by atoms with Gasteiger partial charge in [-0.1, -0.05) is 24.3 Å². The van der Waals surface area contributed by atoms with Gasteiger partial charge >= 0.3 is 0 Å². The Balaban J connectivity index is 1.86. The van der Waals surface area contributed by atoms with Crippen LogP contribution in [0.3, 0.4) is 0 Å². The fourth-order valence-corrected chi connectivity index (χ4v) is 1.85. The molecule has 3 heteroatoms. The zero-order chi connectivity index (χ0) is 12.8. The van der Waals surface area contributed by atoms with E-state index in [-0.39, 0.29) is 5.82 Å². The molecule has 1 aromatic carbocycles. The molecular weight excluding hydrogens is 227 g/mol. The van der Waals surface area contributed by atoms with Crippen molar-refractivity contribution >= 4 is 0 Å². The SMILES string of the molecule is CN(CCc1ccccn1)Cc1ccccc1F. The lowest BCUT2D eigenvalue weighted by Crippen LogP contribution is -2.21. The van der Waals surface area contributed by atoms with Crippen LogP contribution in [0.2, 0.25) is 0 Å². The molecule has 2 aromatic rings. The van der Waals surface area contributed by atoms with Gasteiger partial charge in [0.1, 0.15) is 5.82 Å². The number of aromatic nitrogens is 1. The molecule has 0 aliphatic rings. The monoisotopic (exact) mass is 244 g/mol. The number of hydrogen-bond donors (Lipinski definition) is 0. The molecule has 1 aromatic heterocycles. The van der Waals surface area contributed by atoms with E-state index in [9.17, 15) is 4.39 Å². The van der Waals surface area contributed by atoms with Crippen molar-refractivity contribution in [2.45, 2.75) is 13.0 Å². The maximum atomic E-state index is 13.5. The lowest BCUT2D eigenvalue weighted by molar-refractivity contribution is 0.324. The second-order valence-corrected chi connectivity index (χ2v) is 4.40. The summed E-state index contributed by atoms with van der Waals surface area (Å²) in [5, 5.41) is 0. The van der Waals surface area contributed by atoms with Gasteiger partial charge in [-0.15, -0.1) is 0 Å². The van der Waals surface area contributed by atoms with Crippen LogP contribution in [0.15, 0.2) is 48.7 Å². The van der Waals surface area contributed by atoms with E-state index >= 15 is 0 Å². The van der Waals surface area contributed by atoms with E-state index in [4.69, 9.17) is 0 Å². The molecule has 94 valence electrons. The minimum absolute atomic E-state index is 0.137. The normalized spacial score (nSPS) is 10.8. The van der Waals surface area contributed by atoms with Crippen LogP contribution in [0.4, 0.5) is 4.39 Å². The van der Waals surface area contributed by atoms with Crippen LogP contribution in [0.1, 0.15) is 11.3 Å². The van der Waals surface area contributed by atoms with Crippen LogP contribution in [0, 0.1) is 5.82 Å². The maximum absolute atomic E-state index is 13.5. The molecule has 0 aliphatic carbocycles. The molecule has 0 bridgehead atoms. The molecule has 0 amide bonds. The average Bonchev–Trinajstić information content (AvgIpc) is 2.40. The molecule has 0 saturated heterocycles. The lowest BCUT2D eigenvalue weighted by atomic mass is 10.2. The summed E-state index contributed by atoms with van der Waals surface area (Å²) in [5.41, 5.74) is 1.80. The summed E-state index contributed by atoms with van der Waals surface area (Å²) < 4.78 is 13.5. The maximum Gasteiger partial charge on any atom is 0.127 e. The van der Waals surface area contributed by atoms with Gasteiger partial charge in [-0.25, -0.2) is 4.39 Å².